The first-order valence-electron chi connectivity index (χ1n) is 5.82. The van der Waals surface area contributed by atoms with Gasteiger partial charge in [-0.2, -0.15) is 0 Å². The van der Waals surface area contributed by atoms with Crippen molar-refractivity contribution in [2.45, 2.75) is 18.9 Å². The van der Waals surface area contributed by atoms with Crippen molar-refractivity contribution in [3.05, 3.63) is 16.1 Å². The van der Waals surface area contributed by atoms with E-state index in [0.29, 0.717) is 31.6 Å². The molecule has 0 spiro atoms. The molecule has 19 heavy (non-hydrogen) atoms. The van der Waals surface area contributed by atoms with E-state index >= 15 is 0 Å². The summed E-state index contributed by atoms with van der Waals surface area (Å²) >= 11 is 1.41. The molecule has 2 rings (SSSR count). The average molecular weight is 305 g/mol. The molecule has 6 nitrogen and oxygen atoms in total. The predicted octanol–water partition coefficient (Wildman–Crippen LogP) is 0.0266. The molecule has 1 atom stereocenters. The summed E-state index contributed by atoms with van der Waals surface area (Å²) in [6.45, 7) is 1.19. The first kappa shape index (κ1) is 15.9. The molecule has 3 N–H and O–H groups in total. The third-order valence-corrected chi connectivity index (χ3v) is 3.78. The number of likely N-dealkylation sites (tertiary alicyclic amines) is 1. The fourth-order valence-electron chi connectivity index (χ4n) is 1.84. The van der Waals surface area contributed by atoms with Gasteiger partial charge >= 0.3 is 0 Å². The molecule has 1 aromatic heterocycles. The third-order valence-electron chi connectivity index (χ3n) is 2.88. The molecule has 0 bridgehead atoms. The highest BCUT2D eigenvalue weighted by molar-refractivity contribution is 7.09. The number of rotatable bonds is 4. The summed E-state index contributed by atoms with van der Waals surface area (Å²) in [4.78, 5) is 29.4. The van der Waals surface area contributed by atoms with Gasteiger partial charge in [0.25, 0.3) is 5.91 Å². The zero-order chi connectivity index (χ0) is 13.1. The van der Waals surface area contributed by atoms with Crippen LogP contribution in [0.2, 0.25) is 0 Å². The van der Waals surface area contributed by atoms with Crippen LogP contribution >= 0.6 is 23.7 Å². The molecule has 1 fully saturated rings. The van der Waals surface area contributed by atoms with Gasteiger partial charge < -0.3 is 16.0 Å². The highest BCUT2D eigenvalue weighted by atomic mass is 35.5. The van der Waals surface area contributed by atoms with Gasteiger partial charge in [0.15, 0.2) is 0 Å². The quantitative estimate of drug-likeness (QED) is 0.821. The van der Waals surface area contributed by atoms with Crippen LogP contribution in [0, 0.1) is 0 Å². The number of halogens is 1. The maximum atomic E-state index is 11.9. The van der Waals surface area contributed by atoms with Crippen molar-refractivity contribution < 1.29 is 9.59 Å². The SMILES string of the molecule is CN1CCC(NC(=O)c2csc(CCN)n2)C1=O.Cl. The van der Waals surface area contributed by atoms with Gasteiger partial charge in [0.2, 0.25) is 5.91 Å². The summed E-state index contributed by atoms with van der Waals surface area (Å²) in [6, 6.07) is -0.415. The average Bonchev–Trinajstić information content (AvgIpc) is 2.92. The lowest BCUT2D eigenvalue weighted by Crippen LogP contribution is -2.40. The Morgan fingerprint density at radius 2 is 2.42 bits per heavy atom. The van der Waals surface area contributed by atoms with Gasteiger partial charge in [-0.15, -0.1) is 23.7 Å². The van der Waals surface area contributed by atoms with Gasteiger partial charge in [-0.1, -0.05) is 0 Å². The van der Waals surface area contributed by atoms with Crippen LogP contribution in [0.5, 0.6) is 0 Å². The highest BCUT2D eigenvalue weighted by Gasteiger charge is 2.30. The number of thiazole rings is 1. The standard InChI is InChI=1S/C11H16N4O2S.ClH/c1-15-5-3-7(11(15)17)14-10(16)8-6-18-9(13-8)2-4-12;/h6-7H,2-5,12H2,1H3,(H,14,16);1H. The van der Waals surface area contributed by atoms with Crippen molar-refractivity contribution in [1.82, 2.24) is 15.2 Å². The lowest BCUT2D eigenvalue weighted by Gasteiger charge is -2.11. The fraction of sp³-hybridized carbons (Fsp3) is 0.545. The number of hydrogen-bond acceptors (Lipinski definition) is 5. The van der Waals surface area contributed by atoms with Gasteiger partial charge in [0, 0.05) is 25.4 Å². The Labute approximate surface area is 121 Å². The van der Waals surface area contributed by atoms with Gasteiger partial charge in [-0.25, -0.2) is 4.98 Å². The third kappa shape index (κ3) is 3.65. The number of carbonyl (C=O) groups is 2. The Morgan fingerprint density at radius 1 is 1.68 bits per heavy atom. The number of carbonyl (C=O) groups excluding carboxylic acids is 2. The summed E-state index contributed by atoms with van der Waals surface area (Å²) in [5.74, 6) is -0.330. The highest BCUT2D eigenvalue weighted by Crippen LogP contribution is 2.12. The first-order valence-corrected chi connectivity index (χ1v) is 6.70. The van der Waals surface area contributed by atoms with Crippen LogP contribution in [0.15, 0.2) is 5.38 Å². The van der Waals surface area contributed by atoms with Crippen molar-refractivity contribution in [1.29, 1.82) is 0 Å². The summed E-state index contributed by atoms with van der Waals surface area (Å²) < 4.78 is 0. The van der Waals surface area contributed by atoms with E-state index in [1.165, 1.54) is 11.3 Å². The van der Waals surface area contributed by atoms with Crippen molar-refractivity contribution in [3.63, 3.8) is 0 Å². The first-order chi connectivity index (χ1) is 8.61. The minimum absolute atomic E-state index is 0. The van der Waals surface area contributed by atoms with E-state index in [-0.39, 0.29) is 24.2 Å². The molecule has 2 amide bonds. The second kappa shape index (κ2) is 6.83. The van der Waals surface area contributed by atoms with Gasteiger partial charge in [-0.05, 0) is 13.0 Å². The van der Waals surface area contributed by atoms with Crippen LogP contribution in [0.4, 0.5) is 0 Å². The number of amides is 2. The normalized spacial score (nSPS) is 18.3. The minimum atomic E-state index is -0.415. The van der Waals surface area contributed by atoms with Gasteiger partial charge in [0.1, 0.15) is 11.7 Å². The van der Waals surface area contributed by atoms with Crippen LogP contribution in [-0.2, 0) is 11.2 Å². The lowest BCUT2D eigenvalue weighted by molar-refractivity contribution is -0.128. The van der Waals surface area contributed by atoms with Crippen LogP contribution in [0.3, 0.4) is 0 Å². The van der Waals surface area contributed by atoms with E-state index in [4.69, 9.17) is 5.73 Å². The minimum Gasteiger partial charge on any atom is -0.344 e. The molecule has 1 saturated heterocycles. The Kier molecular flexibility index (Phi) is 5.71. The van der Waals surface area contributed by atoms with Crippen molar-refractivity contribution in [2.75, 3.05) is 20.1 Å². The molecule has 0 aliphatic carbocycles. The Balaban J connectivity index is 0.00000180. The Bertz CT molecular complexity index is 465. The zero-order valence-electron chi connectivity index (χ0n) is 10.6. The Morgan fingerprint density at radius 3 is 3.00 bits per heavy atom. The number of hydrogen-bond donors (Lipinski definition) is 2. The smallest absolute Gasteiger partial charge is 0.271 e. The maximum Gasteiger partial charge on any atom is 0.271 e. The van der Waals surface area contributed by atoms with Crippen LogP contribution in [-0.4, -0.2) is 47.9 Å². The molecule has 8 heteroatoms. The molecular formula is C11H17ClN4O2S. The van der Waals surface area contributed by atoms with Crippen molar-refractivity contribution in [3.8, 4) is 0 Å². The summed E-state index contributed by atoms with van der Waals surface area (Å²) in [5.41, 5.74) is 5.79. The molecule has 0 radical (unpaired) electrons. The molecule has 1 unspecified atom stereocenters. The molecule has 1 aromatic rings. The van der Waals surface area contributed by atoms with Gasteiger partial charge in [0.05, 0.1) is 5.01 Å². The van der Waals surface area contributed by atoms with Gasteiger partial charge in [-0.3, -0.25) is 9.59 Å². The second-order valence-corrected chi connectivity index (χ2v) is 5.18. The van der Waals surface area contributed by atoms with Crippen LogP contribution < -0.4 is 11.1 Å². The fourth-order valence-corrected chi connectivity index (χ4v) is 2.64. The summed E-state index contributed by atoms with van der Waals surface area (Å²) in [6.07, 6.45) is 1.32. The summed E-state index contributed by atoms with van der Waals surface area (Å²) in [5, 5.41) is 5.26. The van der Waals surface area contributed by atoms with E-state index in [1.807, 2.05) is 0 Å². The van der Waals surface area contributed by atoms with E-state index in [0.717, 1.165) is 5.01 Å². The predicted molar refractivity (Wildman–Crippen MR) is 75.6 cm³/mol. The van der Waals surface area contributed by atoms with E-state index in [9.17, 15) is 9.59 Å². The summed E-state index contributed by atoms with van der Waals surface area (Å²) in [7, 11) is 1.73. The number of nitrogens with one attached hydrogen (secondary N) is 1. The zero-order valence-corrected chi connectivity index (χ0v) is 12.2. The molecule has 0 saturated carbocycles. The molecule has 0 aromatic carbocycles. The lowest BCUT2D eigenvalue weighted by atomic mass is 10.2. The Hall–Kier alpha value is -1.18. The number of likely N-dealkylation sites (N-methyl/N-ethyl adjacent to an activating group) is 1. The molecular weight excluding hydrogens is 288 g/mol. The second-order valence-electron chi connectivity index (χ2n) is 4.24. The maximum absolute atomic E-state index is 11.9. The van der Waals surface area contributed by atoms with Crippen LogP contribution in [0.1, 0.15) is 21.9 Å². The molecule has 106 valence electrons. The van der Waals surface area contributed by atoms with Crippen LogP contribution in [0.25, 0.3) is 0 Å². The van der Waals surface area contributed by atoms with Crippen molar-refractivity contribution >= 4 is 35.6 Å². The van der Waals surface area contributed by atoms with E-state index < -0.39 is 6.04 Å². The van der Waals surface area contributed by atoms with E-state index in [1.54, 1.807) is 17.3 Å². The monoisotopic (exact) mass is 304 g/mol. The molecule has 1 aliphatic heterocycles. The van der Waals surface area contributed by atoms with Crippen molar-refractivity contribution in [2.24, 2.45) is 5.73 Å². The largest absolute Gasteiger partial charge is 0.344 e. The molecule has 2 heterocycles. The topological polar surface area (TPSA) is 88.3 Å². The molecule has 1 aliphatic rings. The number of aromatic nitrogens is 1. The number of nitrogens with zero attached hydrogens (tertiary/aromatic N) is 2. The number of nitrogens with two attached hydrogens (primary N) is 1. The van der Waals surface area contributed by atoms with E-state index in [2.05, 4.69) is 10.3 Å².